The Bertz CT molecular complexity index is 601. The van der Waals surface area contributed by atoms with Gasteiger partial charge in [-0.05, 0) is 6.42 Å². The van der Waals surface area contributed by atoms with Gasteiger partial charge < -0.3 is 4.55 Å². The molecule has 12 heteroatoms. The first kappa shape index (κ1) is 21.6. The standard InChI is InChI=1S/C8H14N2O3S.ClH.H2O4S/c1-3-4-5-8-9-7(2)6-10(8)14(11,12)13;;1-5(2,3)4/h6H,3-5H2,1-2H3,(H,11,12,13);1H;(H2,1,2,3,4). The second-order valence-corrected chi connectivity index (χ2v) is 5.83. The lowest BCUT2D eigenvalue weighted by molar-refractivity contribution is -0.527. The Kier molecular flexibility index (Phi) is 9.21. The summed E-state index contributed by atoms with van der Waals surface area (Å²) in [6.45, 7) is 3.77. The highest BCUT2D eigenvalue weighted by molar-refractivity contribution is 7.79. The zero-order valence-electron chi connectivity index (χ0n) is 10.8. The van der Waals surface area contributed by atoms with Crippen molar-refractivity contribution in [2.75, 3.05) is 0 Å². The molecule has 0 amide bonds. The average molecular weight is 353 g/mol. The van der Waals surface area contributed by atoms with E-state index in [2.05, 4.69) is 4.98 Å². The van der Waals surface area contributed by atoms with Gasteiger partial charge in [0.05, 0.1) is 6.42 Å². The maximum absolute atomic E-state index is 10.9. The maximum atomic E-state index is 10.9. The van der Waals surface area contributed by atoms with E-state index >= 15 is 0 Å². The Labute approximate surface area is 123 Å². The molecular formula is C8H17ClN2O7S2. The third-order valence-electron chi connectivity index (χ3n) is 1.93. The highest BCUT2D eigenvalue weighted by Gasteiger charge is 2.22. The van der Waals surface area contributed by atoms with Crippen molar-refractivity contribution in [1.82, 2.24) is 4.98 Å². The van der Waals surface area contributed by atoms with Crippen molar-refractivity contribution >= 4 is 33.1 Å². The highest BCUT2D eigenvalue weighted by atomic mass is 35.5. The van der Waals surface area contributed by atoms with Crippen molar-refractivity contribution in [2.24, 2.45) is 0 Å². The molecule has 0 atom stereocenters. The van der Waals surface area contributed by atoms with Crippen LogP contribution in [0.5, 0.6) is 0 Å². The van der Waals surface area contributed by atoms with Gasteiger partial charge in [-0.1, -0.05) is 17.3 Å². The predicted molar refractivity (Wildman–Crippen MR) is 70.9 cm³/mol. The average Bonchev–Trinajstić information content (AvgIpc) is 2.53. The van der Waals surface area contributed by atoms with Crippen LogP contribution in [0.25, 0.3) is 0 Å². The molecule has 0 saturated heterocycles. The third kappa shape index (κ3) is 10.1. The quantitative estimate of drug-likeness (QED) is 0.392. The lowest BCUT2D eigenvalue weighted by Gasteiger charge is -1.94. The van der Waals surface area contributed by atoms with Crippen LogP contribution in [0, 0.1) is 6.92 Å². The number of hydrogen-bond donors (Lipinski definition) is 3. The van der Waals surface area contributed by atoms with E-state index in [1.165, 1.54) is 6.20 Å². The molecule has 0 saturated carbocycles. The van der Waals surface area contributed by atoms with Crippen LogP contribution in [0.4, 0.5) is 0 Å². The van der Waals surface area contributed by atoms with Gasteiger partial charge in [0, 0.05) is 6.92 Å². The van der Waals surface area contributed by atoms with Gasteiger partial charge in [-0.2, -0.15) is 8.42 Å². The fraction of sp³-hybridized carbons (Fsp3) is 0.625. The fourth-order valence-electron chi connectivity index (χ4n) is 1.29. The lowest BCUT2D eigenvalue weighted by atomic mass is 10.2. The molecule has 0 aromatic carbocycles. The summed E-state index contributed by atoms with van der Waals surface area (Å²) in [5.74, 6) is 0.520. The molecule has 3 N–H and O–H groups in total. The van der Waals surface area contributed by atoms with Crippen molar-refractivity contribution in [3.63, 3.8) is 0 Å². The summed E-state index contributed by atoms with van der Waals surface area (Å²) >= 11 is 0. The minimum Gasteiger partial charge on any atom is -0.726 e. The van der Waals surface area contributed by atoms with Gasteiger partial charge in [0.25, 0.3) is 5.82 Å². The molecule has 1 aromatic heterocycles. The van der Waals surface area contributed by atoms with Crippen LogP contribution in [0.3, 0.4) is 0 Å². The second-order valence-electron chi connectivity index (χ2n) is 3.69. The molecule has 0 radical (unpaired) electrons. The smallest absolute Gasteiger partial charge is 0.439 e. The Morgan fingerprint density at radius 3 is 2.10 bits per heavy atom. The Hall–Kier alpha value is -0.720. The van der Waals surface area contributed by atoms with Gasteiger partial charge in [-0.25, -0.2) is 13.4 Å². The van der Waals surface area contributed by atoms with E-state index in [9.17, 15) is 8.42 Å². The topological polar surface area (TPSA) is 151 Å². The van der Waals surface area contributed by atoms with Gasteiger partial charge in [0.2, 0.25) is 10.4 Å². The molecule has 0 bridgehead atoms. The van der Waals surface area contributed by atoms with Crippen molar-refractivity contribution in [3.8, 4) is 0 Å². The summed E-state index contributed by atoms with van der Waals surface area (Å²) in [6.07, 6.45) is 3.85. The van der Waals surface area contributed by atoms with Crippen LogP contribution in [-0.4, -0.2) is 35.5 Å². The van der Waals surface area contributed by atoms with Crippen LogP contribution >= 0.6 is 12.4 Å². The largest absolute Gasteiger partial charge is 0.726 e. The van der Waals surface area contributed by atoms with Crippen molar-refractivity contribution < 1.29 is 34.5 Å². The first-order chi connectivity index (χ1) is 8.45. The molecule has 20 heavy (non-hydrogen) atoms. The summed E-state index contributed by atoms with van der Waals surface area (Å²) in [6, 6.07) is 0. The van der Waals surface area contributed by atoms with E-state index in [0.29, 0.717) is 17.9 Å². The molecule has 0 unspecified atom stereocenters. The Morgan fingerprint density at radius 2 is 1.75 bits per heavy atom. The number of rotatable bonds is 4. The van der Waals surface area contributed by atoms with Crippen LogP contribution in [0.2, 0.25) is 0 Å². The summed E-state index contributed by atoms with van der Waals surface area (Å²) in [5.41, 5.74) is 0.716. The summed E-state index contributed by atoms with van der Waals surface area (Å²) in [4.78, 5) is 2.91. The van der Waals surface area contributed by atoms with E-state index < -0.39 is 20.7 Å². The maximum Gasteiger partial charge on any atom is 0.439 e. The van der Waals surface area contributed by atoms with Gasteiger partial charge in [0.15, 0.2) is 6.20 Å². The molecule has 0 aliphatic rings. The minimum atomic E-state index is -4.92. The van der Waals surface area contributed by atoms with E-state index in [1.807, 2.05) is 6.92 Å². The molecule has 0 aliphatic heterocycles. The number of imidazole rings is 1. The number of halogens is 1. The molecule has 1 aromatic rings. The monoisotopic (exact) mass is 352 g/mol. The molecule has 0 aliphatic carbocycles. The van der Waals surface area contributed by atoms with Crippen LogP contribution in [0.1, 0.15) is 31.3 Å². The van der Waals surface area contributed by atoms with E-state index in [0.717, 1.165) is 16.8 Å². The number of aryl methyl sites for hydroxylation is 2. The molecule has 9 nitrogen and oxygen atoms in total. The number of aromatic nitrogens is 2. The zero-order valence-corrected chi connectivity index (χ0v) is 13.3. The van der Waals surface area contributed by atoms with E-state index in [-0.39, 0.29) is 12.4 Å². The molecule has 1 heterocycles. The third-order valence-corrected chi connectivity index (χ3v) is 2.76. The van der Waals surface area contributed by atoms with Gasteiger partial charge in [-0.3, -0.25) is 9.11 Å². The summed E-state index contributed by atoms with van der Waals surface area (Å²) in [5, 5.41) is 0. The molecular weight excluding hydrogens is 336 g/mol. The fourth-order valence-corrected chi connectivity index (χ4v) is 2.00. The Morgan fingerprint density at radius 1 is 1.30 bits per heavy atom. The van der Waals surface area contributed by atoms with Crippen LogP contribution in [0.15, 0.2) is 6.20 Å². The molecule has 0 fully saturated rings. The number of nitrogens with one attached hydrogen (secondary N) is 1. The van der Waals surface area contributed by atoms with Crippen molar-refractivity contribution in [1.29, 1.82) is 0 Å². The summed E-state index contributed by atoms with van der Waals surface area (Å²) in [7, 11) is -9.07. The van der Waals surface area contributed by atoms with Crippen LogP contribution in [-0.2, 0) is 27.1 Å². The Balaban J connectivity index is 0. The first-order valence-corrected chi connectivity index (χ1v) is 7.97. The number of aromatic amines is 1. The van der Waals surface area contributed by atoms with Gasteiger partial charge >= 0.3 is 10.3 Å². The van der Waals surface area contributed by atoms with Gasteiger partial charge in [0.1, 0.15) is 5.69 Å². The number of nitrogens with zero attached hydrogens (tertiary/aromatic N) is 1. The lowest BCUT2D eigenvalue weighted by Crippen LogP contribution is -2.44. The second kappa shape index (κ2) is 8.54. The van der Waals surface area contributed by atoms with E-state index in [1.54, 1.807) is 6.92 Å². The number of unbranched alkanes of at least 4 members (excludes halogenated alkanes) is 1. The SMILES string of the molecule is CCCCc1[nH]c(C)c[n+]1S(=O)(=O)O.Cl.O=S(=O)([O-])O. The molecule has 120 valence electrons. The minimum absolute atomic E-state index is 0. The highest BCUT2D eigenvalue weighted by Crippen LogP contribution is 2.00. The zero-order chi connectivity index (χ0) is 15.3. The molecule has 0 spiro atoms. The molecule has 1 rings (SSSR count). The van der Waals surface area contributed by atoms with E-state index in [4.69, 9.17) is 22.1 Å². The van der Waals surface area contributed by atoms with Crippen LogP contribution < -0.4 is 3.97 Å². The van der Waals surface area contributed by atoms with Crippen molar-refractivity contribution in [2.45, 2.75) is 33.1 Å². The van der Waals surface area contributed by atoms with Crippen molar-refractivity contribution in [3.05, 3.63) is 17.7 Å². The van der Waals surface area contributed by atoms with Gasteiger partial charge in [-0.15, -0.1) is 12.4 Å². The number of hydrogen-bond acceptors (Lipinski definition) is 5. The predicted octanol–water partition coefficient (Wildman–Crippen LogP) is 0.0305. The first-order valence-electron chi connectivity index (χ1n) is 5.21. The normalized spacial score (nSPS) is 11.2. The summed E-state index contributed by atoms with van der Waals surface area (Å²) < 4.78 is 64.5. The number of H-pyrrole nitrogens is 1.